The highest BCUT2D eigenvalue weighted by molar-refractivity contribution is 6.01. The minimum Gasteiger partial charge on any atom is -0.457 e. The Balaban J connectivity index is 0.000000423. The summed E-state index contributed by atoms with van der Waals surface area (Å²) >= 11 is 0. The van der Waals surface area contributed by atoms with E-state index in [2.05, 4.69) is 18.8 Å². The zero-order chi connectivity index (χ0) is 29.0. The van der Waals surface area contributed by atoms with Crippen molar-refractivity contribution < 1.29 is 24.2 Å². The minimum absolute atomic E-state index is 0.0334. The summed E-state index contributed by atoms with van der Waals surface area (Å²) in [6.07, 6.45) is 22.8. The maximum absolute atomic E-state index is 13.2. The third-order valence-electron chi connectivity index (χ3n) is 11.1. The lowest BCUT2D eigenvalue weighted by molar-refractivity contribution is -0.153. The van der Waals surface area contributed by atoms with Gasteiger partial charge in [0.2, 0.25) is 0 Å². The first kappa shape index (κ1) is 29.9. The van der Waals surface area contributed by atoms with Crippen molar-refractivity contribution in [2.45, 2.75) is 103 Å². The summed E-state index contributed by atoms with van der Waals surface area (Å²) in [6.45, 7) is 4.10. The highest BCUT2D eigenvalue weighted by Gasteiger charge is 2.62. The molecule has 1 N–H and O–H groups in total. The van der Waals surface area contributed by atoms with Crippen LogP contribution in [0, 0.1) is 34.5 Å². The van der Waals surface area contributed by atoms with E-state index in [0.717, 1.165) is 36.8 Å². The van der Waals surface area contributed by atoms with Gasteiger partial charge in [0.1, 0.15) is 6.61 Å². The third-order valence-corrected chi connectivity index (χ3v) is 11.1. The number of allylic oxidation sites excluding steroid dienone is 4. The summed E-state index contributed by atoms with van der Waals surface area (Å²) in [4.78, 5) is 41.4. The van der Waals surface area contributed by atoms with Crippen molar-refractivity contribution >= 4 is 17.5 Å². The fraction of sp³-hybridized carbons (Fsp3) is 0.657. The molecule has 0 spiro atoms. The van der Waals surface area contributed by atoms with E-state index in [4.69, 9.17) is 4.74 Å². The fourth-order valence-electron chi connectivity index (χ4n) is 9.06. The molecule has 0 radical (unpaired) electrons. The molecule has 1 aromatic heterocycles. The summed E-state index contributed by atoms with van der Waals surface area (Å²) in [5, 5.41) is 11.4. The molecule has 4 fully saturated rings. The number of ketones is 2. The summed E-state index contributed by atoms with van der Waals surface area (Å²) in [6, 6.07) is 3.52. The van der Waals surface area contributed by atoms with E-state index < -0.39 is 12.1 Å². The maximum atomic E-state index is 13.2. The van der Waals surface area contributed by atoms with Crippen LogP contribution in [0.3, 0.4) is 0 Å². The Morgan fingerprint density at radius 1 is 1.00 bits per heavy atom. The fourth-order valence-corrected chi connectivity index (χ4v) is 9.06. The molecular formula is C35H47NO5. The lowest BCUT2D eigenvalue weighted by atomic mass is 9.46. The quantitative estimate of drug-likeness (QED) is 0.332. The van der Waals surface area contributed by atoms with Crippen molar-refractivity contribution in [3.05, 3.63) is 53.9 Å². The standard InChI is InChI=1S/C28H33NO5.C7H14/c1-27-10-7-19(30)14-18(27)3-4-20-21-5-6-22(28(21,2)15-23(31)26(20)27)24(32)16-34-25(33)13-17-8-11-29-12-9-17;1-2-4-6-7-5-3-1/h7-12,14,20-23,26,31H,3-6,13,15-16H2,1-2H3;1-7H2. The van der Waals surface area contributed by atoms with Crippen LogP contribution in [0.15, 0.2) is 48.3 Å². The highest BCUT2D eigenvalue weighted by atomic mass is 16.5. The van der Waals surface area contributed by atoms with Crippen LogP contribution in [0.2, 0.25) is 0 Å². The number of fused-ring (bicyclic) bond motifs is 5. The largest absolute Gasteiger partial charge is 0.457 e. The van der Waals surface area contributed by atoms with Gasteiger partial charge in [0.05, 0.1) is 12.5 Å². The number of aliphatic hydroxyl groups is 1. The number of rotatable bonds is 5. The van der Waals surface area contributed by atoms with E-state index in [9.17, 15) is 19.5 Å². The molecule has 0 aromatic carbocycles. The van der Waals surface area contributed by atoms with E-state index >= 15 is 0 Å². The SMILES string of the molecule is C1CCCCCC1.CC12C=CC(=O)C=C1CCC1C2C(O)CC2(C)C(C(=O)COC(=O)Cc3ccncc3)CCC12. The summed E-state index contributed by atoms with van der Waals surface area (Å²) in [5.41, 5.74) is 1.33. The molecule has 41 heavy (non-hydrogen) atoms. The van der Waals surface area contributed by atoms with Crippen molar-refractivity contribution in [3.63, 3.8) is 0 Å². The summed E-state index contributed by atoms with van der Waals surface area (Å²) in [5.74, 6) is 0.0706. The number of esters is 1. The highest BCUT2D eigenvalue weighted by Crippen LogP contribution is 2.66. The normalized spacial score (nSPS) is 35.9. The Morgan fingerprint density at radius 3 is 2.32 bits per heavy atom. The van der Waals surface area contributed by atoms with E-state index in [1.807, 2.05) is 6.08 Å². The molecule has 7 atom stereocenters. The van der Waals surface area contributed by atoms with Crippen LogP contribution in [0.1, 0.15) is 96.5 Å². The van der Waals surface area contributed by atoms with Crippen LogP contribution in [0.5, 0.6) is 0 Å². The second-order valence-electron chi connectivity index (χ2n) is 13.6. The number of carbonyl (C=O) groups excluding carboxylic acids is 3. The average Bonchev–Trinajstić information content (AvgIpc) is 3.10. The molecule has 0 amide bonds. The lowest BCUT2D eigenvalue weighted by Crippen LogP contribution is -2.56. The van der Waals surface area contributed by atoms with Gasteiger partial charge in [-0.05, 0) is 79.2 Å². The molecule has 5 aliphatic rings. The van der Waals surface area contributed by atoms with Crippen molar-refractivity contribution in [1.29, 1.82) is 0 Å². The number of Topliss-reactive ketones (excluding diaryl/α,β-unsaturated/α-hetero) is 1. The number of pyridine rings is 1. The van der Waals surface area contributed by atoms with E-state index in [1.54, 1.807) is 36.7 Å². The number of hydrogen-bond acceptors (Lipinski definition) is 6. The Bertz CT molecular complexity index is 1150. The first-order valence-corrected chi connectivity index (χ1v) is 15.9. The number of carbonyl (C=O) groups is 3. The van der Waals surface area contributed by atoms with Crippen LogP contribution in [0.25, 0.3) is 0 Å². The van der Waals surface area contributed by atoms with E-state index in [0.29, 0.717) is 18.3 Å². The van der Waals surface area contributed by atoms with Crippen molar-refractivity contribution in [2.24, 2.45) is 34.5 Å². The number of aliphatic hydroxyl groups excluding tert-OH is 1. The second-order valence-corrected chi connectivity index (χ2v) is 13.6. The van der Waals surface area contributed by atoms with Crippen molar-refractivity contribution in [3.8, 4) is 0 Å². The van der Waals surface area contributed by atoms with Gasteiger partial charge in [0.15, 0.2) is 11.6 Å². The van der Waals surface area contributed by atoms with Crippen LogP contribution < -0.4 is 0 Å². The summed E-state index contributed by atoms with van der Waals surface area (Å²) < 4.78 is 5.36. The monoisotopic (exact) mass is 561 g/mol. The number of hydrogen-bond donors (Lipinski definition) is 1. The molecule has 1 aromatic rings. The molecule has 7 unspecified atom stereocenters. The topological polar surface area (TPSA) is 93.6 Å². The van der Waals surface area contributed by atoms with E-state index in [1.165, 1.54) is 44.9 Å². The maximum Gasteiger partial charge on any atom is 0.310 e. The van der Waals surface area contributed by atoms with Gasteiger partial charge in [0.25, 0.3) is 0 Å². The molecule has 6 heteroatoms. The smallest absolute Gasteiger partial charge is 0.310 e. The average molecular weight is 562 g/mol. The van der Waals surface area contributed by atoms with Crippen molar-refractivity contribution in [2.75, 3.05) is 6.61 Å². The first-order valence-electron chi connectivity index (χ1n) is 15.9. The molecule has 1 heterocycles. The molecular weight excluding hydrogens is 514 g/mol. The summed E-state index contributed by atoms with van der Waals surface area (Å²) in [7, 11) is 0. The van der Waals surface area contributed by atoms with Gasteiger partial charge >= 0.3 is 5.97 Å². The van der Waals surface area contributed by atoms with E-state index in [-0.39, 0.29) is 47.3 Å². The number of nitrogens with zero attached hydrogens (tertiary/aromatic N) is 1. The van der Waals surface area contributed by atoms with Gasteiger partial charge in [-0.2, -0.15) is 0 Å². The van der Waals surface area contributed by atoms with Gasteiger partial charge in [-0.3, -0.25) is 19.4 Å². The Labute approximate surface area is 245 Å². The Morgan fingerprint density at radius 2 is 1.66 bits per heavy atom. The van der Waals surface area contributed by atoms with Crippen LogP contribution in [-0.2, 0) is 25.5 Å². The molecule has 6 rings (SSSR count). The first-order chi connectivity index (χ1) is 19.7. The zero-order valence-electron chi connectivity index (χ0n) is 24.9. The molecule has 0 bridgehead atoms. The lowest BCUT2D eigenvalue weighted by Gasteiger charge is -2.58. The molecule has 222 valence electrons. The van der Waals surface area contributed by atoms with Gasteiger partial charge < -0.3 is 9.84 Å². The van der Waals surface area contributed by atoms with Gasteiger partial charge in [-0.15, -0.1) is 0 Å². The number of aromatic nitrogens is 1. The zero-order valence-corrected chi connectivity index (χ0v) is 24.9. The second kappa shape index (κ2) is 12.7. The molecule has 0 saturated heterocycles. The van der Waals surface area contributed by atoms with Gasteiger partial charge in [-0.25, -0.2) is 0 Å². The Hall–Kier alpha value is -2.60. The van der Waals surface area contributed by atoms with Crippen LogP contribution in [-0.4, -0.2) is 40.3 Å². The third kappa shape index (κ3) is 6.28. The number of ether oxygens (including phenoxy) is 1. The van der Waals surface area contributed by atoms with Gasteiger partial charge in [0, 0.05) is 29.6 Å². The molecule has 6 nitrogen and oxygen atoms in total. The molecule has 5 aliphatic carbocycles. The molecule has 0 aliphatic heterocycles. The van der Waals surface area contributed by atoms with Crippen LogP contribution >= 0.6 is 0 Å². The van der Waals surface area contributed by atoms with Crippen molar-refractivity contribution in [1.82, 2.24) is 4.98 Å². The minimum atomic E-state index is -0.541. The predicted molar refractivity (Wildman–Crippen MR) is 158 cm³/mol. The predicted octanol–water partition coefficient (Wildman–Crippen LogP) is 6.36. The molecule has 4 saturated carbocycles. The van der Waals surface area contributed by atoms with Gasteiger partial charge in [-0.1, -0.05) is 70.4 Å². The Kier molecular flexibility index (Phi) is 9.27. The van der Waals surface area contributed by atoms with Crippen LogP contribution in [0.4, 0.5) is 0 Å².